The average Bonchev–Trinajstić information content (AvgIpc) is 1.72. The monoisotopic (exact) mass is 2000 g/mol. The summed E-state index contributed by atoms with van der Waals surface area (Å²) < 4.78 is 132. The van der Waals surface area contributed by atoms with Crippen molar-refractivity contribution in [1.82, 2.24) is 109 Å². The number of aromatic nitrogens is 20. The Labute approximate surface area is 845 Å². The van der Waals surface area contributed by atoms with E-state index in [2.05, 4.69) is 125 Å². The number of nitrogens with zero attached hydrogens (tertiary/aromatic N) is 22. The van der Waals surface area contributed by atoms with Crippen LogP contribution in [0, 0.1) is 34.9 Å². The highest BCUT2D eigenvalue weighted by atomic mass is 35.5. The second-order valence-electron chi connectivity index (χ2n) is 34.3. The Morgan fingerprint density at radius 3 is 0.816 bits per heavy atom. The highest BCUT2D eigenvalue weighted by Gasteiger charge is 2.32. The van der Waals surface area contributed by atoms with E-state index in [0.717, 1.165) is 169 Å². The molecule has 35 heteroatoms. The molecule has 0 aliphatic heterocycles. The van der Waals surface area contributed by atoms with Crippen LogP contribution in [0.15, 0.2) is 349 Å². The van der Waals surface area contributed by atoms with Gasteiger partial charge >= 0.3 is 6.18 Å². The summed E-state index contributed by atoms with van der Waals surface area (Å²) in [5.41, 5.74) is 19.9. The smallest absolute Gasteiger partial charge is 0.394 e. The van der Waals surface area contributed by atoms with Gasteiger partial charge < -0.3 is 25.1 Å². The zero-order valence-corrected chi connectivity index (χ0v) is 80.6. The van der Waals surface area contributed by atoms with E-state index in [9.17, 15) is 39.5 Å². The molecular weight excluding hydrogens is 1910 g/mol. The fraction of sp³-hybridized carbons (Fsp3) is 0.152. The molecule has 25 nitrogen and oxygen atoms in total. The van der Waals surface area contributed by atoms with Gasteiger partial charge in [-0.05, 0) is 252 Å². The molecule has 0 bridgehead atoms. The average molecular weight is 2000 g/mol. The van der Waals surface area contributed by atoms with Gasteiger partial charge in [-0.2, -0.15) is 38.7 Å². The van der Waals surface area contributed by atoms with E-state index in [4.69, 9.17) is 26.9 Å². The maximum atomic E-state index is 14.3. The molecule has 3 N–H and O–H groups in total. The Hall–Kier alpha value is -16.9. The van der Waals surface area contributed by atoms with Crippen molar-refractivity contribution in [2.24, 2.45) is 0 Å². The Morgan fingerprint density at radius 1 is 0.265 bits per heavy atom. The molecule has 20 aromatic rings. The number of pyridine rings is 10. The Kier molecular flexibility index (Phi) is 34.3. The lowest BCUT2D eigenvalue weighted by molar-refractivity contribution is -0.137. The number of aryl methyl sites for hydroxylation is 2. The number of halogens is 10. The molecule has 0 saturated carbocycles. The number of rotatable bonds is 29. The molecular formula is C112H96ClF9N22O3. The molecule has 0 radical (unpaired) electrons. The first kappa shape index (κ1) is 103. The summed E-state index contributed by atoms with van der Waals surface area (Å²) >= 11 is 6.05. The minimum absolute atomic E-state index is 0.00976. The summed E-state index contributed by atoms with van der Waals surface area (Å²) in [6, 6.07) is 51.1. The molecule has 0 aliphatic rings. The van der Waals surface area contributed by atoms with E-state index in [0.29, 0.717) is 81.3 Å². The first-order chi connectivity index (χ1) is 71.3. The molecule has 0 aliphatic carbocycles. The van der Waals surface area contributed by atoms with Crippen molar-refractivity contribution in [3.8, 4) is 168 Å². The third kappa shape index (κ3) is 27.4. The van der Waals surface area contributed by atoms with Gasteiger partial charge in [0.15, 0.2) is 0 Å². The number of alkyl halides is 3. The van der Waals surface area contributed by atoms with E-state index in [1.165, 1.54) is 36.5 Å². The number of benzene rings is 5. The number of hydrogen-bond donors (Lipinski definition) is 3. The van der Waals surface area contributed by atoms with Gasteiger partial charge in [0.05, 0.1) is 104 Å². The minimum atomic E-state index is -4.58. The second-order valence-corrected chi connectivity index (χ2v) is 34.7. The van der Waals surface area contributed by atoms with E-state index < -0.39 is 29.2 Å². The Morgan fingerprint density at radius 2 is 0.524 bits per heavy atom. The molecule has 742 valence electrons. The number of aliphatic hydroxyl groups excluding tert-OH is 3. The van der Waals surface area contributed by atoms with E-state index in [1.54, 1.807) is 162 Å². The van der Waals surface area contributed by atoms with Gasteiger partial charge in [0.1, 0.15) is 34.9 Å². The second kappa shape index (κ2) is 48.9. The zero-order valence-electron chi connectivity index (χ0n) is 79.9. The van der Waals surface area contributed by atoms with Crippen LogP contribution in [0.1, 0.15) is 18.4 Å². The molecule has 0 saturated heterocycles. The zero-order chi connectivity index (χ0) is 103. The molecule has 0 spiro atoms. The van der Waals surface area contributed by atoms with Gasteiger partial charge in [0.2, 0.25) is 0 Å². The van der Waals surface area contributed by atoms with Crippen molar-refractivity contribution >= 4 is 11.6 Å². The first-order valence-electron chi connectivity index (χ1n) is 46.4. The summed E-state index contributed by atoms with van der Waals surface area (Å²) in [5, 5.41) is 49.1. The van der Waals surface area contributed by atoms with E-state index in [-0.39, 0.29) is 54.1 Å². The van der Waals surface area contributed by atoms with Gasteiger partial charge in [-0.25, -0.2) is 26.3 Å². The molecule has 5 aromatic carbocycles. The van der Waals surface area contributed by atoms with Crippen LogP contribution in [0.2, 0.25) is 5.02 Å². The summed E-state index contributed by atoms with van der Waals surface area (Å²) in [6.07, 6.45) is 41.3. The van der Waals surface area contributed by atoms with Crippen LogP contribution in [0.4, 0.5) is 39.5 Å². The van der Waals surface area contributed by atoms with Crippen molar-refractivity contribution in [3.05, 3.63) is 395 Å². The summed E-state index contributed by atoms with van der Waals surface area (Å²) in [6.45, 7) is 5.03. The Balaban J connectivity index is 0.000000131. The van der Waals surface area contributed by atoms with Crippen molar-refractivity contribution in [2.45, 2.75) is 51.7 Å². The van der Waals surface area contributed by atoms with Crippen molar-refractivity contribution < 1.29 is 54.8 Å². The Bertz CT molecular complexity index is 7870. The standard InChI is InChI=1S/C24H23ClFN5.C24H24FN5.C22H16F4N4O.C21H16F2N4O.C21H17FN4O/c1-30(2)8-3-9-31-16-20(15-29-31)19-10-18(13-27-14-19)17-6-7-28-24(11-17)22-12-21(25)4-5-23(22)26;1-29(2)10-5-11-30-17-21(16-28-30)20-12-19(14-26-15-20)18-8-9-27-24(13-18)22-6-3-4-7-23(22)25;23-20-2-1-18(22(24,25)26)9-19(20)21-8-14(3-4-28-21)15-7-16(11-27-10-15)17-12-29-30(13-17)5-6-31;22-18-1-2-20(23)19(9-18)21-8-14(3-4-25-21)15-7-16(11-24-10-15)17-12-26-27(13-17)5-6-28;22-20-4-2-1-3-19(20)21-10-15(5-6-24-21)16-9-17(12-23-11-16)18-13-25-26(14-18)7-8-27/h4-7,10-16H,3,8-9H2,1-2H3;3-4,6-9,12-17H,5,10-11H2,1-2H3;1-4,7-13,31H,5-6H2;1-4,7-13,28H,5-6H2;1-6,9-14,27H,7-8H2. The molecule has 20 rings (SSSR count). The highest BCUT2D eigenvalue weighted by Crippen LogP contribution is 2.39. The minimum Gasteiger partial charge on any atom is -0.394 e. The van der Waals surface area contributed by atoms with Crippen LogP contribution < -0.4 is 0 Å². The third-order valence-corrected chi connectivity index (χ3v) is 23.5. The van der Waals surface area contributed by atoms with Crippen molar-refractivity contribution in [3.63, 3.8) is 0 Å². The molecule has 147 heavy (non-hydrogen) atoms. The quantitative estimate of drug-likeness (QED) is 0.0367. The molecule has 0 fully saturated rings. The lowest BCUT2D eigenvalue weighted by Gasteiger charge is -2.11. The van der Waals surface area contributed by atoms with Crippen LogP contribution in [0.5, 0.6) is 0 Å². The molecule has 15 aromatic heterocycles. The molecule has 0 amide bonds. The third-order valence-electron chi connectivity index (χ3n) is 23.2. The van der Waals surface area contributed by atoms with E-state index in [1.807, 2.05) is 126 Å². The van der Waals surface area contributed by atoms with Crippen LogP contribution in [-0.2, 0) is 38.9 Å². The SMILES string of the molecule is CN(C)CCCn1cc(-c2cncc(-c3ccnc(-c4cc(Cl)ccc4F)c3)c2)cn1.CN(C)CCCn1cc(-c2cncc(-c3ccnc(-c4ccccc4F)c3)c2)cn1.OCCn1cc(-c2cncc(-c3ccnc(-c4cc(C(F)(F)F)ccc4F)c3)c2)cn1.OCCn1cc(-c2cncc(-c3ccnc(-c4cc(F)ccc4F)c3)c2)cn1.OCCn1cc(-c2cncc(-c3ccnc(-c4ccccc4F)c3)c2)cn1. The molecule has 0 atom stereocenters. The predicted octanol–water partition coefficient (Wildman–Crippen LogP) is 22.8. The van der Waals surface area contributed by atoms with Gasteiger partial charge in [0, 0.05) is 253 Å². The van der Waals surface area contributed by atoms with Crippen molar-refractivity contribution in [2.75, 3.05) is 61.1 Å². The largest absolute Gasteiger partial charge is 0.416 e. The normalized spacial score (nSPS) is 11.2. The van der Waals surface area contributed by atoms with Crippen LogP contribution in [-0.4, -0.2) is 185 Å². The maximum Gasteiger partial charge on any atom is 0.416 e. The lowest BCUT2D eigenvalue weighted by Crippen LogP contribution is -2.15. The van der Waals surface area contributed by atoms with Gasteiger partial charge in [-0.15, -0.1) is 0 Å². The van der Waals surface area contributed by atoms with Gasteiger partial charge in [0.25, 0.3) is 0 Å². The van der Waals surface area contributed by atoms with Gasteiger partial charge in [-0.1, -0.05) is 35.9 Å². The predicted molar refractivity (Wildman–Crippen MR) is 548 cm³/mol. The first-order valence-corrected chi connectivity index (χ1v) is 46.8. The van der Waals surface area contributed by atoms with E-state index >= 15 is 0 Å². The number of hydrogen-bond acceptors (Lipinski definition) is 20. The topological polar surface area (TPSA) is 285 Å². The van der Waals surface area contributed by atoms with Crippen molar-refractivity contribution in [1.29, 1.82) is 0 Å². The fourth-order valence-electron chi connectivity index (χ4n) is 15.8. The summed E-state index contributed by atoms with van der Waals surface area (Å²) in [4.78, 5) is 47.2. The van der Waals surface area contributed by atoms with Crippen LogP contribution in [0.25, 0.3) is 168 Å². The highest BCUT2D eigenvalue weighted by molar-refractivity contribution is 6.30. The molecule has 0 unspecified atom stereocenters. The summed E-state index contributed by atoms with van der Waals surface area (Å²) in [7, 11) is 8.28. The lowest BCUT2D eigenvalue weighted by atomic mass is 10.0. The molecule has 15 heterocycles. The van der Waals surface area contributed by atoms with Crippen LogP contribution in [0.3, 0.4) is 0 Å². The van der Waals surface area contributed by atoms with Gasteiger partial charge in [-0.3, -0.25) is 73.2 Å². The summed E-state index contributed by atoms with van der Waals surface area (Å²) in [5.74, 6) is -2.79. The van der Waals surface area contributed by atoms with Crippen LogP contribution >= 0.6 is 11.6 Å². The number of aliphatic hydroxyl groups is 3. The fourth-order valence-corrected chi connectivity index (χ4v) is 15.9. The maximum absolute atomic E-state index is 14.3.